The van der Waals surface area contributed by atoms with Gasteiger partial charge >= 0.3 is 5.97 Å². The SMILES string of the molecule is CCCCCCCCC/C=C\CCCCCCCC(=O)OCCCCCCCCCCCCCCCCCCCCCCCCCCCCCCCCCCC(=O)NC(CO)C(O)CCCCCCCCCCCCCCC. The highest BCUT2D eigenvalue weighted by Gasteiger charge is 2.20. The Kier molecular flexibility index (Phi) is 66.9. The summed E-state index contributed by atoms with van der Waals surface area (Å²) in [5.74, 6) is -0.0132. The van der Waals surface area contributed by atoms with Crippen molar-refractivity contribution in [3.05, 3.63) is 12.2 Å². The van der Waals surface area contributed by atoms with E-state index in [0.717, 1.165) is 44.9 Å². The summed E-state index contributed by atoms with van der Waals surface area (Å²) in [6.07, 6.45) is 84.2. The summed E-state index contributed by atoms with van der Waals surface area (Å²) in [4.78, 5) is 24.6. The first-order chi connectivity index (χ1) is 38.5. The van der Waals surface area contributed by atoms with Gasteiger partial charge in [-0.25, -0.2) is 0 Å². The van der Waals surface area contributed by atoms with Crippen LogP contribution in [0.15, 0.2) is 12.2 Å². The number of hydrogen-bond donors (Lipinski definition) is 3. The summed E-state index contributed by atoms with van der Waals surface area (Å²) in [6.45, 7) is 4.98. The van der Waals surface area contributed by atoms with Crippen LogP contribution in [0.5, 0.6) is 0 Å². The number of unbranched alkanes of at least 4 members (excludes halogenated alkanes) is 55. The lowest BCUT2D eigenvalue weighted by Crippen LogP contribution is -2.45. The summed E-state index contributed by atoms with van der Waals surface area (Å²) in [7, 11) is 0. The molecule has 3 N–H and O–H groups in total. The number of aliphatic hydroxyl groups is 2. The van der Waals surface area contributed by atoms with E-state index in [2.05, 4.69) is 31.3 Å². The van der Waals surface area contributed by atoms with Crippen molar-refractivity contribution >= 4 is 11.9 Å². The molecule has 0 aliphatic carbocycles. The van der Waals surface area contributed by atoms with Gasteiger partial charge in [-0.1, -0.05) is 360 Å². The number of allylic oxidation sites excluding steroid dienone is 2. The number of aliphatic hydroxyl groups excluding tert-OH is 2. The minimum Gasteiger partial charge on any atom is -0.466 e. The second kappa shape index (κ2) is 68.1. The maximum absolute atomic E-state index is 12.5. The van der Waals surface area contributed by atoms with E-state index >= 15 is 0 Å². The van der Waals surface area contributed by atoms with Gasteiger partial charge in [0.2, 0.25) is 5.91 Å². The number of esters is 1. The van der Waals surface area contributed by atoms with Crippen molar-refractivity contribution in [1.82, 2.24) is 5.32 Å². The van der Waals surface area contributed by atoms with Gasteiger partial charge in [-0.3, -0.25) is 9.59 Å². The van der Waals surface area contributed by atoms with Gasteiger partial charge in [0, 0.05) is 12.8 Å². The van der Waals surface area contributed by atoms with Crippen LogP contribution in [0, 0.1) is 0 Å². The van der Waals surface area contributed by atoms with E-state index in [1.54, 1.807) is 0 Å². The molecule has 1 amide bonds. The van der Waals surface area contributed by atoms with E-state index in [1.165, 1.54) is 334 Å². The monoisotopic (exact) mass is 1100 g/mol. The molecule has 0 aromatic carbocycles. The lowest BCUT2D eigenvalue weighted by molar-refractivity contribution is -0.143. The molecule has 6 heteroatoms. The molecule has 0 bridgehead atoms. The van der Waals surface area contributed by atoms with E-state index in [4.69, 9.17) is 4.74 Å². The minimum atomic E-state index is -0.659. The van der Waals surface area contributed by atoms with Gasteiger partial charge in [0.15, 0.2) is 0 Å². The molecule has 78 heavy (non-hydrogen) atoms. The molecule has 0 fully saturated rings. The molecule has 0 saturated carbocycles. The largest absolute Gasteiger partial charge is 0.466 e. The van der Waals surface area contributed by atoms with Gasteiger partial charge in [-0.05, 0) is 51.4 Å². The van der Waals surface area contributed by atoms with Crippen LogP contribution in [-0.4, -0.2) is 47.4 Å². The maximum Gasteiger partial charge on any atom is 0.305 e. The Morgan fingerprint density at radius 3 is 0.910 bits per heavy atom. The first-order valence-corrected chi connectivity index (χ1v) is 35.9. The van der Waals surface area contributed by atoms with Crippen molar-refractivity contribution in [2.45, 2.75) is 424 Å². The molecular formula is C72H141NO5. The third-order valence-corrected chi connectivity index (χ3v) is 17.1. The Bertz CT molecular complexity index is 1180. The molecule has 464 valence electrons. The molecule has 0 aromatic heterocycles. The standard InChI is InChI=1S/C72H141NO5/c1-3-5-7-9-11-13-15-17-18-38-42-46-50-54-58-62-66-72(77)78-67-63-59-55-51-47-43-39-36-34-32-30-28-26-24-22-20-19-21-23-25-27-29-31-33-35-37-41-45-49-53-57-61-65-71(76)73-69(68-74)70(75)64-60-56-52-48-44-40-16-14-12-10-8-6-4-2/h18,38,69-70,74-75H,3-17,19-37,39-68H2,1-2H3,(H,73,76)/b38-18-. The summed E-state index contributed by atoms with van der Waals surface area (Å²) in [5, 5.41) is 23.3. The summed E-state index contributed by atoms with van der Waals surface area (Å²) < 4.78 is 5.50. The first-order valence-electron chi connectivity index (χ1n) is 35.9. The molecule has 0 saturated heterocycles. The zero-order valence-corrected chi connectivity index (χ0v) is 53.2. The second-order valence-electron chi connectivity index (χ2n) is 24.9. The van der Waals surface area contributed by atoms with E-state index in [9.17, 15) is 19.8 Å². The van der Waals surface area contributed by atoms with Gasteiger partial charge in [0.05, 0.1) is 25.4 Å². The van der Waals surface area contributed by atoms with E-state index in [-0.39, 0.29) is 18.5 Å². The maximum atomic E-state index is 12.5. The number of hydrogen-bond acceptors (Lipinski definition) is 5. The predicted molar refractivity (Wildman–Crippen MR) is 343 cm³/mol. The fourth-order valence-corrected chi connectivity index (χ4v) is 11.6. The number of nitrogens with one attached hydrogen (secondary N) is 1. The van der Waals surface area contributed by atoms with Gasteiger partial charge in [-0.15, -0.1) is 0 Å². The Hall–Kier alpha value is -1.40. The van der Waals surface area contributed by atoms with Crippen LogP contribution >= 0.6 is 0 Å². The second-order valence-corrected chi connectivity index (χ2v) is 24.9. The van der Waals surface area contributed by atoms with Crippen molar-refractivity contribution in [2.24, 2.45) is 0 Å². The third kappa shape index (κ3) is 63.8. The van der Waals surface area contributed by atoms with Crippen molar-refractivity contribution in [1.29, 1.82) is 0 Å². The smallest absolute Gasteiger partial charge is 0.305 e. The van der Waals surface area contributed by atoms with E-state index in [1.807, 2.05) is 0 Å². The molecule has 2 atom stereocenters. The predicted octanol–water partition coefficient (Wildman–Crippen LogP) is 23.1. The summed E-state index contributed by atoms with van der Waals surface area (Å²) >= 11 is 0. The number of carbonyl (C=O) groups is 2. The highest BCUT2D eigenvalue weighted by Crippen LogP contribution is 2.19. The van der Waals surface area contributed by atoms with Crippen LogP contribution in [0.3, 0.4) is 0 Å². The quantitative estimate of drug-likeness (QED) is 0.0320. The Morgan fingerprint density at radius 1 is 0.346 bits per heavy atom. The number of carbonyl (C=O) groups excluding carboxylic acids is 2. The highest BCUT2D eigenvalue weighted by atomic mass is 16.5. The molecule has 0 radical (unpaired) electrons. The normalized spacial score (nSPS) is 12.5. The lowest BCUT2D eigenvalue weighted by Gasteiger charge is -2.22. The molecule has 0 rings (SSSR count). The van der Waals surface area contributed by atoms with Crippen LogP contribution in [0.25, 0.3) is 0 Å². The number of amides is 1. The summed E-state index contributed by atoms with van der Waals surface area (Å²) in [5.41, 5.74) is 0. The zero-order valence-electron chi connectivity index (χ0n) is 53.2. The van der Waals surface area contributed by atoms with Gasteiger partial charge in [0.25, 0.3) is 0 Å². The van der Waals surface area contributed by atoms with E-state index in [0.29, 0.717) is 25.9 Å². The molecule has 0 aliphatic heterocycles. The van der Waals surface area contributed by atoms with Crippen molar-refractivity contribution in [3.63, 3.8) is 0 Å². The molecule has 2 unspecified atom stereocenters. The van der Waals surface area contributed by atoms with Gasteiger partial charge in [-0.2, -0.15) is 0 Å². The Morgan fingerprint density at radius 2 is 0.603 bits per heavy atom. The minimum absolute atomic E-state index is 0.0147. The third-order valence-electron chi connectivity index (χ3n) is 17.1. The average molecular weight is 1100 g/mol. The van der Waals surface area contributed by atoms with Crippen LogP contribution in [0.1, 0.15) is 412 Å². The van der Waals surface area contributed by atoms with Crippen LogP contribution in [0.2, 0.25) is 0 Å². The van der Waals surface area contributed by atoms with Crippen LogP contribution in [-0.2, 0) is 14.3 Å². The van der Waals surface area contributed by atoms with Crippen LogP contribution < -0.4 is 5.32 Å². The molecule has 0 aliphatic rings. The van der Waals surface area contributed by atoms with Crippen molar-refractivity contribution < 1.29 is 24.5 Å². The fraction of sp³-hybridized carbons (Fsp3) is 0.944. The lowest BCUT2D eigenvalue weighted by atomic mass is 10.0. The fourth-order valence-electron chi connectivity index (χ4n) is 11.6. The van der Waals surface area contributed by atoms with Crippen molar-refractivity contribution in [3.8, 4) is 0 Å². The average Bonchev–Trinajstić information content (AvgIpc) is 3.44. The Balaban J connectivity index is 3.30. The highest BCUT2D eigenvalue weighted by molar-refractivity contribution is 5.76. The topological polar surface area (TPSA) is 95.9 Å². The molecule has 0 spiro atoms. The molecule has 0 heterocycles. The van der Waals surface area contributed by atoms with Gasteiger partial charge < -0.3 is 20.3 Å². The zero-order chi connectivity index (χ0) is 56.4. The van der Waals surface area contributed by atoms with Gasteiger partial charge in [0.1, 0.15) is 0 Å². The van der Waals surface area contributed by atoms with E-state index < -0.39 is 12.1 Å². The van der Waals surface area contributed by atoms with Crippen LogP contribution in [0.4, 0.5) is 0 Å². The number of rotatable bonds is 68. The number of ether oxygens (including phenoxy) is 1. The summed E-state index contributed by atoms with van der Waals surface area (Å²) in [6, 6.07) is -0.536. The first kappa shape index (κ1) is 76.6. The van der Waals surface area contributed by atoms with Crippen molar-refractivity contribution in [2.75, 3.05) is 13.2 Å². The molecular weight excluding hydrogens is 959 g/mol. The molecule has 6 nitrogen and oxygen atoms in total. The Labute approximate surface area is 489 Å². The molecule has 0 aromatic rings.